The second-order valence-electron chi connectivity index (χ2n) is 7.42. The summed E-state index contributed by atoms with van der Waals surface area (Å²) < 4.78 is 32.1. The summed E-state index contributed by atoms with van der Waals surface area (Å²) in [6, 6.07) is 16.1. The van der Waals surface area contributed by atoms with Gasteiger partial charge in [-0.2, -0.15) is 11.8 Å². The smallest absolute Gasteiger partial charge is 0.250 e. The quantitative estimate of drug-likeness (QED) is 0.811. The third-order valence-corrected chi connectivity index (χ3v) is 9.40. The Morgan fingerprint density at radius 1 is 1.11 bits per heavy atom. The van der Waals surface area contributed by atoms with Crippen LogP contribution < -0.4 is 14.4 Å². The molecule has 146 valence electrons. The minimum absolute atomic E-state index is 0.170. The molecule has 2 aromatic carbocycles. The van der Waals surface area contributed by atoms with E-state index >= 15 is 0 Å². The van der Waals surface area contributed by atoms with Crippen LogP contribution in [-0.2, 0) is 14.8 Å². The summed E-state index contributed by atoms with van der Waals surface area (Å²) in [5, 5.41) is 2.80. The van der Waals surface area contributed by atoms with Crippen molar-refractivity contribution in [2.75, 3.05) is 27.7 Å². The number of sulfonamides is 1. The molecule has 1 saturated carbocycles. The summed E-state index contributed by atoms with van der Waals surface area (Å²) in [7, 11) is -3.75. The van der Waals surface area contributed by atoms with Crippen molar-refractivity contribution in [3.8, 4) is 5.75 Å². The number of fused-ring (bicyclic) bond motifs is 1. The number of ether oxygens (including phenoxy) is 1. The lowest BCUT2D eigenvalue weighted by Crippen LogP contribution is -2.42. The molecule has 0 spiro atoms. The first kappa shape index (κ1) is 17.9. The highest BCUT2D eigenvalue weighted by molar-refractivity contribution is 8.00. The van der Waals surface area contributed by atoms with Crippen LogP contribution in [0.2, 0.25) is 0 Å². The Hall–Kier alpha value is -2.19. The SMILES string of the molecule is O=C(Nc1ccc(OC2CSC2)cc1)[C@@]12C[C@H]1CN(c1ccccc1)S2(=O)=O. The topological polar surface area (TPSA) is 75.7 Å². The van der Waals surface area contributed by atoms with Crippen LogP contribution in [0.1, 0.15) is 6.42 Å². The van der Waals surface area contributed by atoms with E-state index in [1.54, 1.807) is 48.5 Å². The van der Waals surface area contributed by atoms with Gasteiger partial charge in [-0.15, -0.1) is 0 Å². The fraction of sp³-hybridized carbons (Fsp3) is 0.350. The Morgan fingerprint density at radius 2 is 1.82 bits per heavy atom. The Labute approximate surface area is 168 Å². The van der Waals surface area contributed by atoms with Crippen molar-refractivity contribution in [2.45, 2.75) is 17.3 Å². The van der Waals surface area contributed by atoms with E-state index in [1.807, 2.05) is 17.8 Å². The van der Waals surface area contributed by atoms with E-state index in [0.717, 1.165) is 17.3 Å². The lowest BCUT2D eigenvalue weighted by molar-refractivity contribution is -0.116. The number of nitrogens with one attached hydrogen (secondary N) is 1. The maximum atomic E-state index is 13.1. The summed E-state index contributed by atoms with van der Waals surface area (Å²) in [5.74, 6) is 2.14. The number of thioether (sulfide) groups is 1. The van der Waals surface area contributed by atoms with E-state index < -0.39 is 20.7 Å². The molecular formula is C20H20N2O4S2. The number of hydrogen-bond acceptors (Lipinski definition) is 5. The van der Waals surface area contributed by atoms with Crippen LogP contribution in [0.5, 0.6) is 5.75 Å². The number of hydrogen-bond donors (Lipinski definition) is 1. The third kappa shape index (κ3) is 2.69. The van der Waals surface area contributed by atoms with Gasteiger partial charge in [-0.3, -0.25) is 9.10 Å². The Balaban J connectivity index is 1.32. The van der Waals surface area contributed by atoms with Gasteiger partial charge in [0.1, 0.15) is 11.9 Å². The van der Waals surface area contributed by atoms with E-state index in [2.05, 4.69) is 5.32 Å². The molecule has 5 rings (SSSR count). The molecule has 1 N–H and O–H groups in total. The average Bonchev–Trinajstić information content (AvgIpc) is 3.36. The zero-order valence-corrected chi connectivity index (χ0v) is 16.7. The number of anilines is 2. The van der Waals surface area contributed by atoms with Crippen molar-refractivity contribution in [3.05, 3.63) is 54.6 Å². The van der Waals surface area contributed by atoms with Crippen LogP contribution in [0.4, 0.5) is 11.4 Å². The highest BCUT2D eigenvalue weighted by atomic mass is 32.2. The first-order chi connectivity index (χ1) is 13.5. The van der Waals surface area contributed by atoms with Crippen molar-refractivity contribution < 1.29 is 17.9 Å². The van der Waals surface area contributed by atoms with E-state index in [1.165, 1.54) is 4.31 Å². The van der Waals surface area contributed by atoms with Crippen LogP contribution in [0.25, 0.3) is 0 Å². The van der Waals surface area contributed by atoms with Gasteiger partial charge in [-0.1, -0.05) is 18.2 Å². The van der Waals surface area contributed by atoms with Gasteiger partial charge < -0.3 is 10.1 Å². The first-order valence-corrected chi connectivity index (χ1v) is 11.8. The molecule has 1 aliphatic carbocycles. The minimum atomic E-state index is -3.75. The van der Waals surface area contributed by atoms with Gasteiger partial charge in [0.2, 0.25) is 15.9 Å². The average molecular weight is 417 g/mol. The maximum Gasteiger partial charge on any atom is 0.250 e. The number of carbonyl (C=O) groups excluding carboxylic acids is 1. The molecule has 8 heteroatoms. The van der Waals surface area contributed by atoms with Gasteiger partial charge in [-0.25, -0.2) is 8.42 Å². The van der Waals surface area contributed by atoms with Gasteiger partial charge in [-0.05, 0) is 42.8 Å². The molecule has 1 amide bonds. The standard InChI is InChI=1S/C20H20N2O4S2/c23-19(21-15-6-8-17(9-7-15)26-18-12-27-13-18)20-10-14(20)11-22(28(20,24)25)16-4-2-1-3-5-16/h1-9,14,18H,10-13H2,(H,21,23)/t14-,20+/m0/s1. The van der Waals surface area contributed by atoms with Crippen LogP contribution in [-0.4, -0.2) is 43.2 Å². The van der Waals surface area contributed by atoms with Crippen LogP contribution in [0.15, 0.2) is 54.6 Å². The van der Waals surface area contributed by atoms with Gasteiger partial charge in [0.05, 0.1) is 5.69 Å². The van der Waals surface area contributed by atoms with E-state index in [0.29, 0.717) is 24.3 Å². The first-order valence-electron chi connectivity index (χ1n) is 9.24. The molecule has 3 fully saturated rings. The van der Waals surface area contributed by atoms with Crippen LogP contribution in [0, 0.1) is 5.92 Å². The molecular weight excluding hydrogens is 396 g/mol. The second-order valence-corrected chi connectivity index (χ2v) is 10.6. The van der Waals surface area contributed by atoms with Gasteiger partial charge in [0.25, 0.3) is 0 Å². The molecule has 28 heavy (non-hydrogen) atoms. The fourth-order valence-electron chi connectivity index (χ4n) is 3.89. The summed E-state index contributed by atoms with van der Waals surface area (Å²) in [5.41, 5.74) is 1.19. The molecule has 2 saturated heterocycles. The molecule has 2 atom stereocenters. The molecule has 2 aromatic rings. The molecule has 6 nitrogen and oxygen atoms in total. The molecule has 0 unspecified atom stereocenters. The Bertz CT molecular complexity index is 1010. The molecule has 0 bridgehead atoms. The normalized spacial score (nSPS) is 27.6. The number of nitrogens with zero attached hydrogens (tertiary/aromatic N) is 1. The second kappa shape index (κ2) is 6.42. The summed E-state index contributed by atoms with van der Waals surface area (Å²) >= 11 is 1.85. The Kier molecular flexibility index (Phi) is 4.10. The van der Waals surface area contributed by atoms with Crippen molar-refractivity contribution in [1.29, 1.82) is 0 Å². The van der Waals surface area contributed by atoms with Gasteiger partial charge >= 0.3 is 0 Å². The van der Waals surface area contributed by atoms with Crippen molar-refractivity contribution in [1.82, 2.24) is 0 Å². The van der Waals surface area contributed by atoms with Crippen LogP contribution >= 0.6 is 11.8 Å². The maximum absolute atomic E-state index is 13.1. The van der Waals surface area contributed by atoms with Gasteiger partial charge in [0, 0.05) is 29.7 Å². The number of para-hydroxylation sites is 1. The number of amides is 1. The summed E-state index contributed by atoms with van der Waals surface area (Å²) in [6.45, 7) is 0.353. The van der Waals surface area contributed by atoms with Crippen molar-refractivity contribution >= 4 is 39.1 Å². The predicted octanol–water partition coefficient (Wildman–Crippen LogP) is 2.73. The van der Waals surface area contributed by atoms with Crippen LogP contribution in [0.3, 0.4) is 0 Å². The molecule has 0 radical (unpaired) electrons. The number of benzene rings is 2. The highest BCUT2D eigenvalue weighted by Crippen LogP contribution is 2.58. The monoisotopic (exact) mass is 416 g/mol. The lowest BCUT2D eigenvalue weighted by Gasteiger charge is -2.26. The third-order valence-electron chi connectivity index (χ3n) is 5.64. The minimum Gasteiger partial charge on any atom is -0.489 e. The van der Waals surface area contributed by atoms with Crippen molar-refractivity contribution in [2.24, 2.45) is 5.92 Å². The fourth-order valence-corrected chi connectivity index (χ4v) is 6.82. The molecule has 0 aromatic heterocycles. The van der Waals surface area contributed by atoms with Crippen molar-refractivity contribution in [3.63, 3.8) is 0 Å². The Morgan fingerprint density at radius 3 is 2.46 bits per heavy atom. The predicted molar refractivity (Wildman–Crippen MR) is 110 cm³/mol. The zero-order chi connectivity index (χ0) is 19.4. The number of rotatable bonds is 5. The van der Waals surface area contributed by atoms with E-state index in [-0.39, 0.29) is 12.0 Å². The molecule has 3 aliphatic rings. The number of carbonyl (C=O) groups is 1. The van der Waals surface area contributed by atoms with E-state index in [4.69, 9.17) is 4.74 Å². The van der Waals surface area contributed by atoms with Gasteiger partial charge in [0.15, 0.2) is 4.75 Å². The zero-order valence-electron chi connectivity index (χ0n) is 15.1. The molecule has 2 heterocycles. The summed E-state index contributed by atoms with van der Waals surface area (Å²) in [6.07, 6.45) is 0.634. The molecule has 2 aliphatic heterocycles. The highest BCUT2D eigenvalue weighted by Gasteiger charge is 2.75. The largest absolute Gasteiger partial charge is 0.489 e. The van der Waals surface area contributed by atoms with E-state index in [9.17, 15) is 13.2 Å². The lowest BCUT2D eigenvalue weighted by atomic mass is 10.2. The summed E-state index contributed by atoms with van der Waals surface area (Å²) in [4.78, 5) is 12.9.